The average Bonchev–Trinajstić information content (AvgIpc) is 2.74. The second-order valence-electron chi connectivity index (χ2n) is 4.64. The maximum atomic E-state index is 12.1. The van der Waals surface area contributed by atoms with E-state index in [0.717, 1.165) is 4.90 Å². The molecule has 1 aliphatic rings. The van der Waals surface area contributed by atoms with Gasteiger partial charge in [0.05, 0.1) is 5.52 Å². The Morgan fingerprint density at radius 2 is 1.81 bits per heavy atom. The van der Waals surface area contributed by atoms with E-state index in [9.17, 15) is 19.2 Å². The van der Waals surface area contributed by atoms with Crippen LogP contribution in [0.4, 0.5) is 0 Å². The number of nitrogens with one attached hydrogen (secondary N) is 1. The average molecular weight is 289 g/mol. The number of rotatable bonds is 2. The van der Waals surface area contributed by atoms with Gasteiger partial charge in [-0.1, -0.05) is 12.1 Å². The highest BCUT2D eigenvalue weighted by Crippen LogP contribution is 2.12. The van der Waals surface area contributed by atoms with Gasteiger partial charge in [0, 0.05) is 0 Å². The van der Waals surface area contributed by atoms with Crippen molar-refractivity contribution < 1.29 is 18.8 Å². The molecule has 0 saturated carbocycles. The maximum absolute atomic E-state index is 12.1. The van der Waals surface area contributed by atoms with Gasteiger partial charge in [-0.3, -0.25) is 24.3 Å². The van der Waals surface area contributed by atoms with Gasteiger partial charge >= 0.3 is 5.76 Å². The van der Waals surface area contributed by atoms with Crippen molar-refractivity contribution in [2.24, 2.45) is 0 Å². The number of para-hydroxylation sites is 2. The number of carbonyl (C=O) groups excluding carboxylic acids is 3. The van der Waals surface area contributed by atoms with E-state index in [4.69, 9.17) is 4.42 Å². The maximum Gasteiger partial charge on any atom is 0.420 e. The van der Waals surface area contributed by atoms with Crippen LogP contribution in [0.3, 0.4) is 0 Å². The van der Waals surface area contributed by atoms with Gasteiger partial charge in [-0.2, -0.15) is 0 Å². The monoisotopic (exact) mass is 289 g/mol. The normalized spacial score (nSPS) is 15.3. The topological polar surface area (TPSA) is 102 Å². The summed E-state index contributed by atoms with van der Waals surface area (Å²) in [4.78, 5) is 47.5. The Morgan fingerprint density at radius 3 is 2.52 bits per heavy atom. The van der Waals surface area contributed by atoms with Crippen molar-refractivity contribution in [1.82, 2.24) is 14.8 Å². The molecule has 21 heavy (non-hydrogen) atoms. The van der Waals surface area contributed by atoms with E-state index in [2.05, 4.69) is 5.32 Å². The minimum Gasteiger partial charge on any atom is -0.408 e. The molecule has 0 aliphatic carbocycles. The summed E-state index contributed by atoms with van der Waals surface area (Å²) < 4.78 is 6.20. The van der Waals surface area contributed by atoms with Crippen LogP contribution in [0.1, 0.15) is 0 Å². The van der Waals surface area contributed by atoms with Crippen molar-refractivity contribution >= 4 is 28.8 Å². The summed E-state index contributed by atoms with van der Waals surface area (Å²) >= 11 is 0. The molecule has 1 fully saturated rings. The minimum atomic E-state index is -0.655. The Labute approximate surface area is 117 Å². The zero-order chi connectivity index (χ0) is 15.0. The largest absolute Gasteiger partial charge is 0.420 e. The molecule has 2 heterocycles. The minimum absolute atomic E-state index is 0.199. The second kappa shape index (κ2) is 4.89. The molecule has 108 valence electrons. The van der Waals surface area contributed by atoms with Crippen molar-refractivity contribution in [2.45, 2.75) is 6.54 Å². The summed E-state index contributed by atoms with van der Waals surface area (Å²) in [5.74, 6) is -2.22. The number of imide groups is 1. The predicted octanol–water partition coefficient (Wildman–Crippen LogP) is -0.921. The van der Waals surface area contributed by atoms with E-state index >= 15 is 0 Å². The van der Waals surface area contributed by atoms with Crippen LogP contribution in [0.5, 0.6) is 0 Å². The fourth-order valence-corrected chi connectivity index (χ4v) is 2.21. The Kier molecular flexibility index (Phi) is 3.05. The quantitative estimate of drug-likeness (QED) is 0.720. The second-order valence-corrected chi connectivity index (χ2v) is 4.64. The number of oxazole rings is 1. The van der Waals surface area contributed by atoms with Gasteiger partial charge < -0.3 is 9.32 Å². The number of amides is 3. The fraction of sp³-hybridized carbons (Fsp3) is 0.231. The molecule has 1 aliphatic heterocycles. The van der Waals surface area contributed by atoms with Crippen LogP contribution >= 0.6 is 0 Å². The van der Waals surface area contributed by atoms with Crippen molar-refractivity contribution in [2.75, 3.05) is 13.1 Å². The number of nitrogens with zero attached hydrogens (tertiary/aromatic N) is 2. The standard InChI is InChI=1S/C13H11N3O5/c17-10-5-15(6-11(18)14-10)12(19)7-16-8-3-1-2-4-9(8)21-13(16)20/h1-4H,5-7H2,(H,14,17,18). The molecule has 0 spiro atoms. The molecule has 0 bridgehead atoms. The molecular weight excluding hydrogens is 278 g/mol. The van der Waals surface area contributed by atoms with E-state index in [1.807, 2.05) is 0 Å². The van der Waals surface area contributed by atoms with Gasteiger partial charge in [0.25, 0.3) is 0 Å². The van der Waals surface area contributed by atoms with Crippen molar-refractivity contribution in [3.8, 4) is 0 Å². The molecular formula is C13H11N3O5. The predicted molar refractivity (Wildman–Crippen MR) is 70.2 cm³/mol. The lowest BCUT2D eigenvalue weighted by molar-refractivity contribution is -0.145. The highest BCUT2D eigenvalue weighted by atomic mass is 16.4. The summed E-state index contributed by atoms with van der Waals surface area (Å²) in [6, 6.07) is 6.71. The third kappa shape index (κ3) is 2.42. The van der Waals surface area contributed by atoms with Gasteiger partial charge in [-0.25, -0.2) is 4.79 Å². The Bertz CT molecular complexity index is 787. The molecule has 1 N–H and O–H groups in total. The van der Waals surface area contributed by atoms with Crippen LogP contribution in [-0.4, -0.2) is 40.3 Å². The number of hydrogen-bond acceptors (Lipinski definition) is 5. The molecule has 0 unspecified atom stereocenters. The van der Waals surface area contributed by atoms with Crippen LogP contribution in [0, 0.1) is 0 Å². The van der Waals surface area contributed by atoms with E-state index in [0.29, 0.717) is 11.1 Å². The zero-order valence-corrected chi connectivity index (χ0v) is 10.9. The lowest BCUT2D eigenvalue weighted by atomic mass is 10.3. The third-order valence-corrected chi connectivity index (χ3v) is 3.17. The number of aromatic nitrogens is 1. The lowest BCUT2D eigenvalue weighted by Gasteiger charge is -2.25. The first-order chi connectivity index (χ1) is 10.0. The summed E-state index contributed by atoms with van der Waals surface area (Å²) in [5.41, 5.74) is 0.867. The smallest absolute Gasteiger partial charge is 0.408 e. The first kappa shape index (κ1) is 13.1. The van der Waals surface area contributed by atoms with Gasteiger partial charge in [0.15, 0.2) is 5.58 Å². The summed E-state index contributed by atoms with van der Waals surface area (Å²) in [6.07, 6.45) is 0. The summed E-state index contributed by atoms with van der Waals surface area (Å²) in [6.45, 7) is -0.680. The van der Waals surface area contributed by atoms with Crippen molar-refractivity contribution in [3.05, 3.63) is 34.8 Å². The van der Waals surface area contributed by atoms with Gasteiger partial charge in [-0.05, 0) is 12.1 Å². The Morgan fingerprint density at radius 1 is 1.14 bits per heavy atom. The number of piperazine rings is 1. The molecule has 1 aromatic carbocycles. The van der Waals surface area contributed by atoms with Crippen molar-refractivity contribution in [1.29, 1.82) is 0 Å². The van der Waals surface area contributed by atoms with Crippen LogP contribution in [-0.2, 0) is 20.9 Å². The van der Waals surface area contributed by atoms with Crippen molar-refractivity contribution in [3.63, 3.8) is 0 Å². The molecule has 3 rings (SSSR count). The Balaban J connectivity index is 1.86. The van der Waals surface area contributed by atoms with E-state index in [1.54, 1.807) is 24.3 Å². The van der Waals surface area contributed by atoms with Crippen LogP contribution in [0.15, 0.2) is 33.5 Å². The van der Waals surface area contributed by atoms with Crippen LogP contribution in [0.25, 0.3) is 11.1 Å². The fourth-order valence-electron chi connectivity index (χ4n) is 2.21. The number of carbonyl (C=O) groups is 3. The lowest BCUT2D eigenvalue weighted by Crippen LogP contribution is -2.54. The highest BCUT2D eigenvalue weighted by molar-refractivity contribution is 6.02. The van der Waals surface area contributed by atoms with E-state index < -0.39 is 23.5 Å². The first-order valence-electron chi connectivity index (χ1n) is 6.23. The molecule has 0 radical (unpaired) electrons. The number of hydrogen-bond donors (Lipinski definition) is 1. The molecule has 0 atom stereocenters. The van der Waals surface area contributed by atoms with Crippen LogP contribution < -0.4 is 11.1 Å². The highest BCUT2D eigenvalue weighted by Gasteiger charge is 2.27. The van der Waals surface area contributed by atoms with Gasteiger partial charge in [-0.15, -0.1) is 0 Å². The van der Waals surface area contributed by atoms with E-state index in [1.165, 1.54) is 4.57 Å². The number of benzene rings is 1. The molecule has 2 aromatic rings. The molecule has 1 aromatic heterocycles. The summed E-state index contributed by atoms with van der Waals surface area (Å²) in [5, 5.41) is 2.11. The first-order valence-corrected chi connectivity index (χ1v) is 6.23. The molecule has 1 saturated heterocycles. The molecule has 8 heteroatoms. The zero-order valence-electron chi connectivity index (χ0n) is 10.9. The molecule has 3 amide bonds. The Hall–Kier alpha value is -2.90. The van der Waals surface area contributed by atoms with E-state index in [-0.39, 0.29) is 19.6 Å². The third-order valence-electron chi connectivity index (χ3n) is 3.17. The van der Waals surface area contributed by atoms with Gasteiger partial charge in [0.1, 0.15) is 19.6 Å². The van der Waals surface area contributed by atoms with Gasteiger partial charge in [0.2, 0.25) is 17.7 Å². The van der Waals surface area contributed by atoms with Crippen LogP contribution in [0.2, 0.25) is 0 Å². The molecule has 8 nitrogen and oxygen atoms in total. The summed E-state index contributed by atoms with van der Waals surface area (Å²) in [7, 11) is 0. The SMILES string of the molecule is O=C1CN(C(=O)Cn2c(=O)oc3ccccc32)CC(=O)N1. The number of fused-ring (bicyclic) bond motifs is 1.